The molecule has 0 radical (unpaired) electrons. The Kier molecular flexibility index (Phi) is 8.69. The van der Waals surface area contributed by atoms with Crippen LogP contribution in [0.3, 0.4) is 0 Å². The Labute approximate surface area is 130 Å². The van der Waals surface area contributed by atoms with Gasteiger partial charge in [-0.25, -0.2) is 4.98 Å². The van der Waals surface area contributed by atoms with Crippen LogP contribution in [0.2, 0.25) is 0 Å². The molecule has 1 aromatic heterocycles. The van der Waals surface area contributed by atoms with Crippen LogP contribution in [-0.2, 0) is 12.8 Å². The summed E-state index contributed by atoms with van der Waals surface area (Å²) in [4.78, 5) is 10.5. The van der Waals surface area contributed by atoms with E-state index in [4.69, 9.17) is 0 Å². The van der Waals surface area contributed by atoms with Crippen LogP contribution in [0.1, 0.15) is 29.4 Å². The molecule has 114 valence electrons. The zero-order valence-electron chi connectivity index (χ0n) is 13.0. The third-order valence-corrected chi connectivity index (χ3v) is 4.48. The van der Waals surface area contributed by atoms with Gasteiger partial charge in [0.15, 0.2) is 5.96 Å². The summed E-state index contributed by atoms with van der Waals surface area (Å²) >= 11 is 3.63. The average molecular weight is 315 g/mol. The van der Waals surface area contributed by atoms with Gasteiger partial charge in [-0.1, -0.05) is 6.92 Å². The second kappa shape index (κ2) is 10.0. The zero-order chi connectivity index (χ0) is 14.8. The molecule has 6 heteroatoms. The number of guanidine groups is 1. The number of aryl methyl sites for hydroxylation is 2. The lowest BCUT2D eigenvalue weighted by molar-refractivity contribution is 0.798. The second-order valence-corrected chi connectivity index (χ2v) is 6.67. The standard InChI is InChI=1S/C14H26N4S2/c1-5-12-11(3)20-13(18-12)7-8-16-14(15-6-2)17-9-10-19-4/h5-10H2,1-4H3,(H2,15,16,17). The Hall–Kier alpha value is -0.750. The molecule has 1 rings (SSSR count). The topological polar surface area (TPSA) is 49.3 Å². The van der Waals surface area contributed by atoms with Gasteiger partial charge in [0.1, 0.15) is 0 Å². The van der Waals surface area contributed by atoms with E-state index >= 15 is 0 Å². The van der Waals surface area contributed by atoms with Crippen molar-refractivity contribution < 1.29 is 0 Å². The van der Waals surface area contributed by atoms with Gasteiger partial charge in [0.05, 0.1) is 17.2 Å². The quantitative estimate of drug-likeness (QED) is 0.440. The normalized spacial score (nSPS) is 11.7. The maximum absolute atomic E-state index is 4.66. The number of rotatable bonds is 8. The first kappa shape index (κ1) is 17.3. The highest BCUT2D eigenvalue weighted by molar-refractivity contribution is 7.98. The molecule has 4 nitrogen and oxygen atoms in total. The van der Waals surface area contributed by atoms with Crippen LogP contribution in [0.5, 0.6) is 0 Å². The van der Waals surface area contributed by atoms with E-state index < -0.39 is 0 Å². The number of aromatic nitrogens is 1. The summed E-state index contributed by atoms with van der Waals surface area (Å²) in [6, 6.07) is 0. The van der Waals surface area contributed by atoms with Crippen LogP contribution in [0, 0.1) is 6.92 Å². The van der Waals surface area contributed by atoms with Crippen molar-refractivity contribution in [3.05, 3.63) is 15.6 Å². The first-order valence-corrected chi connectivity index (χ1v) is 9.38. The van der Waals surface area contributed by atoms with Gasteiger partial charge in [0, 0.05) is 30.1 Å². The Morgan fingerprint density at radius 3 is 2.75 bits per heavy atom. The molecule has 0 aliphatic carbocycles. The lowest BCUT2D eigenvalue weighted by Gasteiger charge is -2.10. The van der Waals surface area contributed by atoms with E-state index in [1.807, 2.05) is 23.1 Å². The third-order valence-electron chi connectivity index (χ3n) is 2.81. The van der Waals surface area contributed by atoms with Gasteiger partial charge in [-0.05, 0) is 26.5 Å². The van der Waals surface area contributed by atoms with Crippen LogP contribution in [0.25, 0.3) is 0 Å². The lowest BCUT2D eigenvalue weighted by atomic mass is 10.3. The first-order chi connectivity index (χ1) is 9.71. The molecule has 0 atom stereocenters. The van der Waals surface area contributed by atoms with Gasteiger partial charge in [-0.15, -0.1) is 11.3 Å². The number of thioether (sulfide) groups is 1. The predicted molar refractivity (Wildman–Crippen MR) is 92.3 cm³/mol. The highest BCUT2D eigenvalue weighted by Crippen LogP contribution is 2.17. The van der Waals surface area contributed by atoms with Crippen LogP contribution >= 0.6 is 23.1 Å². The van der Waals surface area contributed by atoms with E-state index in [2.05, 4.69) is 47.6 Å². The minimum atomic E-state index is 0.854. The van der Waals surface area contributed by atoms with Crippen molar-refractivity contribution in [2.75, 3.05) is 31.6 Å². The average Bonchev–Trinajstić information content (AvgIpc) is 2.79. The number of nitrogens with one attached hydrogen (secondary N) is 2. The molecule has 0 saturated carbocycles. The van der Waals surface area contributed by atoms with Crippen molar-refractivity contribution in [2.45, 2.75) is 33.6 Å². The molecule has 0 fully saturated rings. The number of nitrogens with zero attached hydrogens (tertiary/aromatic N) is 2. The Morgan fingerprint density at radius 1 is 1.35 bits per heavy atom. The molecular weight excluding hydrogens is 288 g/mol. The van der Waals surface area contributed by atoms with Gasteiger partial charge in [0.2, 0.25) is 0 Å². The largest absolute Gasteiger partial charge is 0.357 e. The summed E-state index contributed by atoms with van der Waals surface area (Å²) in [5.74, 6) is 1.97. The lowest BCUT2D eigenvalue weighted by Crippen LogP contribution is -2.38. The minimum Gasteiger partial charge on any atom is -0.357 e. The smallest absolute Gasteiger partial charge is 0.191 e. The van der Waals surface area contributed by atoms with E-state index in [-0.39, 0.29) is 0 Å². The third kappa shape index (κ3) is 6.13. The zero-order valence-corrected chi connectivity index (χ0v) is 14.6. The molecule has 1 aromatic rings. The highest BCUT2D eigenvalue weighted by atomic mass is 32.2. The fraction of sp³-hybridized carbons (Fsp3) is 0.714. The van der Waals surface area contributed by atoms with Gasteiger partial charge in [0.25, 0.3) is 0 Å². The van der Waals surface area contributed by atoms with Crippen LogP contribution < -0.4 is 10.6 Å². The van der Waals surface area contributed by atoms with Crippen molar-refractivity contribution in [2.24, 2.45) is 4.99 Å². The Morgan fingerprint density at radius 2 is 2.15 bits per heavy atom. The molecule has 1 heterocycles. The Balaban J connectivity index is 2.40. The van der Waals surface area contributed by atoms with Crippen LogP contribution in [0.4, 0.5) is 0 Å². The molecule has 0 aliphatic heterocycles. The molecule has 0 bridgehead atoms. The minimum absolute atomic E-state index is 0.854. The molecule has 0 aromatic carbocycles. The molecule has 0 spiro atoms. The van der Waals surface area contributed by atoms with Crippen LogP contribution in [0.15, 0.2) is 4.99 Å². The van der Waals surface area contributed by atoms with Gasteiger partial charge >= 0.3 is 0 Å². The fourth-order valence-corrected chi connectivity index (χ4v) is 3.10. The molecule has 0 saturated heterocycles. The monoisotopic (exact) mass is 314 g/mol. The molecule has 0 unspecified atom stereocenters. The van der Waals surface area contributed by atoms with Gasteiger partial charge < -0.3 is 10.6 Å². The molecule has 2 N–H and O–H groups in total. The maximum atomic E-state index is 4.66. The van der Waals surface area contributed by atoms with Crippen molar-refractivity contribution in [1.82, 2.24) is 15.6 Å². The molecule has 20 heavy (non-hydrogen) atoms. The Bertz CT molecular complexity index is 415. The summed E-state index contributed by atoms with van der Waals surface area (Å²) < 4.78 is 0. The molecular formula is C14H26N4S2. The summed E-state index contributed by atoms with van der Waals surface area (Å²) in [5, 5.41) is 7.85. The predicted octanol–water partition coefficient (Wildman–Crippen LogP) is 2.47. The summed E-state index contributed by atoms with van der Waals surface area (Å²) in [5.41, 5.74) is 1.24. The van der Waals surface area contributed by atoms with E-state index in [0.29, 0.717) is 0 Å². The van der Waals surface area contributed by atoms with E-state index in [0.717, 1.165) is 44.2 Å². The number of hydrogen-bond acceptors (Lipinski definition) is 4. The van der Waals surface area contributed by atoms with E-state index in [1.54, 1.807) is 0 Å². The van der Waals surface area contributed by atoms with Gasteiger partial charge in [-0.3, -0.25) is 4.99 Å². The molecule has 0 amide bonds. The van der Waals surface area contributed by atoms with E-state index in [1.165, 1.54) is 15.6 Å². The molecule has 0 aliphatic rings. The number of aliphatic imine (C=N–C) groups is 1. The number of thiazole rings is 1. The number of hydrogen-bond donors (Lipinski definition) is 2. The van der Waals surface area contributed by atoms with Gasteiger partial charge in [-0.2, -0.15) is 11.8 Å². The van der Waals surface area contributed by atoms with Crippen molar-refractivity contribution in [3.63, 3.8) is 0 Å². The van der Waals surface area contributed by atoms with Crippen LogP contribution in [-0.4, -0.2) is 42.6 Å². The van der Waals surface area contributed by atoms with Crippen molar-refractivity contribution in [3.8, 4) is 0 Å². The van der Waals surface area contributed by atoms with Crippen molar-refractivity contribution in [1.29, 1.82) is 0 Å². The SMILES string of the molecule is CCNC(=NCCSC)NCCc1nc(CC)c(C)s1. The fourth-order valence-electron chi connectivity index (χ4n) is 1.80. The second-order valence-electron chi connectivity index (χ2n) is 4.39. The summed E-state index contributed by atoms with van der Waals surface area (Å²) in [7, 11) is 0. The summed E-state index contributed by atoms with van der Waals surface area (Å²) in [6.07, 6.45) is 4.08. The van der Waals surface area contributed by atoms with Crippen molar-refractivity contribution >= 4 is 29.1 Å². The first-order valence-electron chi connectivity index (χ1n) is 7.17. The summed E-state index contributed by atoms with van der Waals surface area (Å²) in [6.45, 7) is 9.02. The highest BCUT2D eigenvalue weighted by Gasteiger charge is 2.05. The van der Waals surface area contributed by atoms with E-state index in [9.17, 15) is 0 Å². The maximum Gasteiger partial charge on any atom is 0.191 e.